The first kappa shape index (κ1) is 7.41. The number of hydrogen-bond donors (Lipinski definition) is 4. The van der Waals surface area contributed by atoms with Crippen LogP contribution in [0.1, 0.15) is 0 Å². The minimum absolute atomic E-state index is 0.428. The molecule has 0 spiro atoms. The van der Waals surface area contributed by atoms with E-state index in [1.165, 1.54) is 0 Å². The lowest BCUT2D eigenvalue weighted by Crippen LogP contribution is -2.25. The maximum absolute atomic E-state index is 9.79. The lowest BCUT2D eigenvalue weighted by Gasteiger charge is -1.88. The van der Waals surface area contributed by atoms with Crippen molar-refractivity contribution < 1.29 is 9.90 Å². The van der Waals surface area contributed by atoms with Gasteiger partial charge in [0, 0.05) is 0 Å². The van der Waals surface area contributed by atoms with Gasteiger partial charge in [-0.1, -0.05) is 0 Å². The zero-order valence-corrected chi connectivity index (χ0v) is 4.46. The predicted molar refractivity (Wildman–Crippen MR) is 31.2 cm³/mol. The van der Waals surface area contributed by atoms with E-state index in [2.05, 4.69) is 4.99 Å². The molecular formula is C3H6N4O2. The average molecular weight is 130 g/mol. The highest BCUT2D eigenvalue weighted by molar-refractivity contribution is 6.35. The van der Waals surface area contributed by atoms with Crippen LogP contribution in [-0.2, 0) is 4.79 Å². The van der Waals surface area contributed by atoms with Crippen molar-refractivity contribution in [3.05, 3.63) is 0 Å². The highest BCUT2D eigenvalue weighted by Crippen LogP contribution is 1.72. The molecule has 0 aliphatic heterocycles. The molecule has 0 saturated heterocycles. The molecule has 0 unspecified atom stereocenters. The van der Waals surface area contributed by atoms with E-state index in [1.807, 2.05) is 0 Å². The van der Waals surface area contributed by atoms with Gasteiger partial charge in [-0.15, -0.1) is 0 Å². The van der Waals surface area contributed by atoms with Crippen molar-refractivity contribution in [1.29, 1.82) is 5.41 Å². The molecule has 0 aromatic rings. The topological polar surface area (TPSA) is 126 Å². The summed E-state index contributed by atoms with van der Waals surface area (Å²) in [4.78, 5) is 12.7. The summed E-state index contributed by atoms with van der Waals surface area (Å²) >= 11 is 0. The number of rotatable bonds is 0. The maximum Gasteiger partial charge on any atom is 0.373 e. The van der Waals surface area contributed by atoms with Crippen LogP contribution in [0, 0.1) is 5.41 Å². The van der Waals surface area contributed by atoms with E-state index < -0.39 is 17.8 Å². The first-order valence-corrected chi connectivity index (χ1v) is 1.95. The van der Waals surface area contributed by atoms with Gasteiger partial charge in [-0.2, -0.15) is 4.99 Å². The zero-order chi connectivity index (χ0) is 7.44. The Bertz CT molecular complexity index is 169. The van der Waals surface area contributed by atoms with Crippen LogP contribution in [0.15, 0.2) is 4.99 Å². The van der Waals surface area contributed by atoms with Gasteiger partial charge in [0.2, 0.25) is 5.84 Å². The summed E-state index contributed by atoms with van der Waals surface area (Å²) in [5.41, 5.74) is 9.51. The molecular weight excluding hydrogens is 124 g/mol. The van der Waals surface area contributed by atoms with E-state index in [0.717, 1.165) is 0 Å². The minimum Gasteiger partial charge on any atom is -0.475 e. The van der Waals surface area contributed by atoms with Crippen LogP contribution >= 0.6 is 0 Å². The molecule has 0 aromatic carbocycles. The molecule has 0 amide bonds. The fraction of sp³-hybridized carbons (Fsp3) is 0. The molecule has 0 radical (unpaired) electrons. The molecule has 0 aliphatic rings. The zero-order valence-electron chi connectivity index (χ0n) is 4.46. The number of carbonyl (C=O) groups is 1. The normalized spacial score (nSPS) is 8.00. The second kappa shape index (κ2) is 2.65. The predicted octanol–water partition coefficient (Wildman–Crippen LogP) is -1.68. The molecule has 50 valence electrons. The summed E-state index contributed by atoms with van der Waals surface area (Å²) in [6, 6.07) is 0. The van der Waals surface area contributed by atoms with Crippen LogP contribution in [0.3, 0.4) is 0 Å². The number of aliphatic carboxylic acids is 1. The maximum atomic E-state index is 9.79. The number of carboxylic acid groups (broad SMARTS) is 1. The summed E-state index contributed by atoms with van der Waals surface area (Å²) in [5.74, 6) is -2.75. The summed E-state index contributed by atoms with van der Waals surface area (Å²) in [6.45, 7) is 0. The standard InChI is InChI=1S/C3H6N4O2/c4-1(2(8)9)7-3(5)6/h(H,8,9)(H5,4,5,6,7). The Hall–Kier alpha value is -1.59. The van der Waals surface area contributed by atoms with Gasteiger partial charge in [0.15, 0.2) is 5.96 Å². The summed E-state index contributed by atoms with van der Waals surface area (Å²) in [6.07, 6.45) is 0. The van der Waals surface area contributed by atoms with Crippen LogP contribution in [0.2, 0.25) is 0 Å². The molecule has 9 heavy (non-hydrogen) atoms. The van der Waals surface area contributed by atoms with Gasteiger partial charge in [-0.25, -0.2) is 4.79 Å². The van der Waals surface area contributed by atoms with Crippen LogP contribution in [-0.4, -0.2) is 22.9 Å². The summed E-state index contributed by atoms with van der Waals surface area (Å²) in [5, 5.41) is 14.5. The van der Waals surface area contributed by atoms with Crippen molar-refractivity contribution in [2.24, 2.45) is 16.5 Å². The molecule has 0 fully saturated rings. The highest BCUT2D eigenvalue weighted by Gasteiger charge is 2.02. The van der Waals surface area contributed by atoms with Crippen LogP contribution in [0.4, 0.5) is 0 Å². The van der Waals surface area contributed by atoms with E-state index in [9.17, 15) is 4.79 Å². The van der Waals surface area contributed by atoms with Crippen LogP contribution in [0.5, 0.6) is 0 Å². The number of hydrogen-bond acceptors (Lipinski definition) is 2. The van der Waals surface area contributed by atoms with Crippen molar-refractivity contribution in [1.82, 2.24) is 0 Å². The molecule has 0 bridgehead atoms. The summed E-state index contributed by atoms with van der Waals surface area (Å²) < 4.78 is 0. The van der Waals surface area contributed by atoms with Crippen LogP contribution in [0.25, 0.3) is 0 Å². The van der Waals surface area contributed by atoms with Crippen molar-refractivity contribution in [3.8, 4) is 0 Å². The molecule has 6 nitrogen and oxygen atoms in total. The van der Waals surface area contributed by atoms with Crippen molar-refractivity contribution in [2.45, 2.75) is 0 Å². The minimum atomic E-state index is -1.46. The number of nitrogens with two attached hydrogens (primary N) is 2. The summed E-state index contributed by atoms with van der Waals surface area (Å²) in [7, 11) is 0. The largest absolute Gasteiger partial charge is 0.475 e. The fourth-order valence-electron chi connectivity index (χ4n) is 0.177. The Balaban J connectivity index is 4.09. The second-order valence-electron chi connectivity index (χ2n) is 1.19. The number of carboxylic acids is 1. The second-order valence-corrected chi connectivity index (χ2v) is 1.19. The third-order valence-electron chi connectivity index (χ3n) is 0.443. The molecule has 0 aromatic heterocycles. The SMILES string of the molecule is N=C(N=C(N)N)C(=O)O. The molecule has 0 aliphatic carbocycles. The average Bonchev–Trinajstić information content (AvgIpc) is 1.63. The van der Waals surface area contributed by atoms with Crippen molar-refractivity contribution in [2.75, 3.05) is 0 Å². The van der Waals surface area contributed by atoms with E-state index in [4.69, 9.17) is 22.0 Å². The van der Waals surface area contributed by atoms with E-state index in [1.54, 1.807) is 0 Å². The monoisotopic (exact) mass is 130 g/mol. The van der Waals surface area contributed by atoms with Gasteiger partial charge >= 0.3 is 5.97 Å². The smallest absolute Gasteiger partial charge is 0.373 e. The Labute approximate surface area is 50.7 Å². The van der Waals surface area contributed by atoms with Gasteiger partial charge in [-0.3, -0.25) is 5.41 Å². The molecule has 0 heterocycles. The number of nitrogens with one attached hydrogen (secondary N) is 1. The molecule has 0 atom stereocenters. The first-order valence-electron chi connectivity index (χ1n) is 1.95. The lowest BCUT2D eigenvalue weighted by atomic mass is 10.6. The van der Waals surface area contributed by atoms with E-state index in [0.29, 0.717) is 0 Å². The van der Waals surface area contributed by atoms with E-state index in [-0.39, 0.29) is 0 Å². The number of guanidine groups is 1. The first-order chi connectivity index (χ1) is 4.04. The number of aliphatic imine (C=N–C) groups is 1. The number of nitrogens with zero attached hydrogens (tertiary/aromatic N) is 1. The number of amidine groups is 1. The Morgan fingerprint density at radius 3 is 2.11 bits per heavy atom. The fourth-order valence-corrected chi connectivity index (χ4v) is 0.177. The van der Waals surface area contributed by atoms with Gasteiger partial charge in [0.05, 0.1) is 0 Å². The lowest BCUT2D eigenvalue weighted by molar-refractivity contribution is -0.129. The molecule has 0 saturated carbocycles. The van der Waals surface area contributed by atoms with Gasteiger partial charge in [0.25, 0.3) is 0 Å². The highest BCUT2D eigenvalue weighted by atomic mass is 16.4. The molecule has 6 heteroatoms. The van der Waals surface area contributed by atoms with Crippen molar-refractivity contribution >= 4 is 17.8 Å². The van der Waals surface area contributed by atoms with Gasteiger partial charge in [0.1, 0.15) is 0 Å². The Kier molecular flexibility index (Phi) is 2.18. The third-order valence-corrected chi connectivity index (χ3v) is 0.443. The quantitative estimate of drug-likeness (QED) is 0.231. The third kappa shape index (κ3) is 3.03. The molecule has 0 rings (SSSR count). The Morgan fingerprint density at radius 2 is 2.00 bits per heavy atom. The van der Waals surface area contributed by atoms with Crippen LogP contribution < -0.4 is 11.5 Å². The van der Waals surface area contributed by atoms with Crippen molar-refractivity contribution in [3.63, 3.8) is 0 Å². The molecule has 6 N–H and O–H groups in total. The van der Waals surface area contributed by atoms with Gasteiger partial charge < -0.3 is 16.6 Å². The Morgan fingerprint density at radius 1 is 1.56 bits per heavy atom. The van der Waals surface area contributed by atoms with E-state index >= 15 is 0 Å². The van der Waals surface area contributed by atoms with Gasteiger partial charge in [-0.05, 0) is 0 Å².